The van der Waals surface area contributed by atoms with Gasteiger partial charge in [-0.1, -0.05) is 0 Å². The minimum Gasteiger partial charge on any atom is -0.550 e. The van der Waals surface area contributed by atoms with Crippen molar-refractivity contribution in [1.82, 2.24) is 19.6 Å². The Kier molecular flexibility index (Phi) is 2.11. The van der Waals surface area contributed by atoms with Gasteiger partial charge in [0.15, 0.2) is 0 Å². The predicted octanol–water partition coefficient (Wildman–Crippen LogP) is -0.966. The highest BCUT2D eigenvalue weighted by Gasteiger charge is 2.10. The van der Waals surface area contributed by atoms with Crippen LogP contribution in [0.4, 0.5) is 0 Å². The minimum atomic E-state index is -1.12. The van der Waals surface area contributed by atoms with Crippen molar-refractivity contribution >= 4 is 11.7 Å². The van der Waals surface area contributed by atoms with E-state index in [1.165, 1.54) is 10.8 Å². The van der Waals surface area contributed by atoms with Crippen molar-refractivity contribution in [2.45, 2.75) is 20.3 Å². The zero-order valence-corrected chi connectivity index (χ0v) is 8.39. The van der Waals surface area contributed by atoms with E-state index in [1.807, 2.05) is 0 Å². The Bertz CT molecular complexity index is 532. The molecule has 2 heterocycles. The number of fused-ring (bicyclic) bond motifs is 1. The van der Waals surface area contributed by atoms with Gasteiger partial charge in [0.1, 0.15) is 6.33 Å². The van der Waals surface area contributed by atoms with Gasteiger partial charge in [0.2, 0.25) is 0 Å². The Labute approximate surface area is 85.6 Å². The third-order valence-corrected chi connectivity index (χ3v) is 2.31. The van der Waals surface area contributed by atoms with Crippen molar-refractivity contribution < 1.29 is 9.90 Å². The molecule has 2 aromatic rings. The summed E-state index contributed by atoms with van der Waals surface area (Å²) in [5.41, 5.74) is 2.02. The first-order chi connectivity index (χ1) is 7.09. The van der Waals surface area contributed by atoms with Gasteiger partial charge in [0.25, 0.3) is 5.78 Å². The third-order valence-electron chi connectivity index (χ3n) is 2.31. The molecule has 0 N–H and O–H groups in total. The molecule has 0 radical (unpaired) electrons. The zero-order chi connectivity index (χ0) is 11.0. The van der Waals surface area contributed by atoms with Crippen LogP contribution in [0.25, 0.3) is 5.78 Å². The van der Waals surface area contributed by atoms with Gasteiger partial charge in [-0.2, -0.15) is 10.1 Å². The lowest BCUT2D eigenvalue weighted by Crippen LogP contribution is -2.26. The third kappa shape index (κ3) is 1.54. The van der Waals surface area contributed by atoms with Crippen molar-refractivity contribution in [2.75, 3.05) is 0 Å². The molecule has 0 fully saturated rings. The van der Waals surface area contributed by atoms with Crippen LogP contribution in [0.3, 0.4) is 0 Å². The van der Waals surface area contributed by atoms with Crippen molar-refractivity contribution in [2.24, 2.45) is 0 Å². The first kappa shape index (κ1) is 9.57. The maximum Gasteiger partial charge on any atom is 0.252 e. The summed E-state index contributed by atoms with van der Waals surface area (Å²) >= 11 is 0. The summed E-state index contributed by atoms with van der Waals surface area (Å²) in [5.74, 6) is -0.644. The fourth-order valence-corrected chi connectivity index (χ4v) is 1.56. The topological polar surface area (TPSA) is 83.2 Å². The van der Waals surface area contributed by atoms with E-state index in [0.717, 1.165) is 5.69 Å². The molecule has 0 aliphatic rings. The van der Waals surface area contributed by atoms with Crippen LogP contribution >= 0.6 is 0 Å². The van der Waals surface area contributed by atoms with Crippen LogP contribution in [-0.2, 0) is 11.2 Å². The first-order valence-corrected chi connectivity index (χ1v) is 4.45. The van der Waals surface area contributed by atoms with Gasteiger partial charge in [-0.3, -0.25) is 0 Å². The molecular weight excluding hydrogens is 196 g/mol. The molecule has 6 heteroatoms. The number of rotatable bonds is 2. The van der Waals surface area contributed by atoms with Crippen LogP contribution in [-0.4, -0.2) is 25.6 Å². The lowest BCUT2D eigenvalue weighted by atomic mass is 10.1. The summed E-state index contributed by atoms with van der Waals surface area (Å²) in [6.45, 7) is 3.54. The molecule has 15 heavy (non-hydrogen) atoms. The predicted molar refractivity (Wildman–Crippen MR) is 49.0 cm³/mol. The van der Waals surface area contributed by atoms with Crippen molar-refractivity contribution in [3.8, 4) is 0 Å². The van der Waals surface area contributed by atoms with E-state index in [0.29, 0.717) is 17.0 Å². The number of carboxylic acid groups (broad SMARTS) is 1. The van der Waals surface area contributed by atoms with Gasteiger partial charge < -0.3 is 9.90 Å². The zero-order valence-electron chi connectivity index (χ0n) is 8.39. The van der Waals surface area contributed by atoms with E-state index in [1.54, 1.807) is 13.8 Å². The van der Waals surface area contributed by atoms with Crippen molar-refractivity contribution in [3.63, 3.8) is 0 Å². The van der Waals surface area contributed by atoms with Crippen molar-refractivity contribution in [1.29, 1.82) is 0 Å². The van der Waals surface area contributed by atoms with Crippen LogP contribution in [0.15, 0.2) is 6.33 Å². The number of aryl methyl sites for hydroxylation is 2. The van der Waals surface area contributed by atoms with Gasteiger partial charge >= 0.3 is 0 Å². The highest BCUT2D eigenvalue weighted by molar-refractivity contribution is 5.68. The van der Waals surface area contributed by atoms with E-state index < -0.39 is 5.97 Å². The van der Waals surface area contributed by atoms with E-state index >= 15 is 0 Å². The number of aliphatic carboxylic acids is 1. The number of hydrogen-bond donors (Lipinski definition) is 0. The molecule has 78 valence electrons. The largest absolute Gasteiger partial charge is 0.550 e. The van der Waals surface area contributed by atoms with Gasteiger partial charge in [-0.05, 0) is 13.8 Å². The maximum atomic E-state index is 10.6. The summed E-state index contributed by atoms with van der Waals surface area (Å²) in [7, 11) is 0. The second kappa shape index (κ2) is 3.30. The summed E-state index contributed by atoms with van der Waals surface area (Å²) in [6.07, 6.45) is 1.23. The second-order valence-electron chi connectivity index (χ2n) is 3.28. The summed E-state index contributed by atoms with van der Waals surface area (Å²) in [6, 6.07) is 0. The minimum absolute atomic E-state index is 0.152. The quantitative estimate of drug-likeness (QED) is 0.630. The molecule has 0 aromatic carbocycles. The Morgan fingerprint density at radius 2 is 2.27 bits per heavy atom. The van der Waals surface area contributed by atoms with E-state index in [2.05, 4.69) is 15.1 Å². The molecular formula is C9H9N4O2-. The number of carbonyl (C=O) groups excluding carboxylic acids is 1. The number of hydrogen-bond acceptors (Lipinski definition) is 5. The first-order valence-electron chi connectivity index (χ1n) is 4.45. The molecule has 0 bridgehead atoms. The summed E-state index contributed by atoms with van der Waals surface area (Å²) < 4.78 is 1.52. The Morgan fingerprint density at radius 3 is 2.93 bits per heavy atom. The Balaban J connectivity index is 2.66. The molecule has 0 unspecified atom stereocenters. The molecule has 2 rings (SSSR count). The van der Waals surface area contributed by atoms with Gasteiger partial charge in [-0.15, -0.1) is 0 Å². The highest BCUT2D eigenvalue weighted by atomic mass is 16.4. The summed E-state index contributed by atoms with van der Waals surface area (Å²) in [4.78, 5) is 18.6. The normalized spacial score (nSPS) is 10.8. The molecule has 0 saturated heterocycles. The number of carbonyl (C=O) groups is 1. The molecule has 2 aromatic heterocycles. The second-order valence-corrected chi connectivity index (χ2v) is 3.28. The Morgan fingerprint density at radius 1 is 1.53 bits per heavy atom. The van der Waals surface area contributed by atoms with Crippen LogP contribution in [0, 0.1) is 13.8 Å². The van der Waals surface area contributed by atoms with E-state index in [-0.39, 0.29) is 6.42 Å². The lowest BCUT2D eigenvalue weighted by Gasteiger charge is -2.10. The Hall–Kier alpha value is -1.98. The van der Waals surface area contributed by atoms with Crippen LogP contribution in [0.5, 0.6) is 0 Å². The average molecular weight is 205 g/mol. The molecule has 0 amide bonds. The standard InChI is InChI=1S/C9H10N4O2/c1-5-7(3-8(14)15)6(2)13-9(12-5)10-4-11-13/h4H,3H2,1-2H3,(H,14,15)/p-1. The van der Waals surface area contributed by atoms with Crippen LogP contribution in [0.2, 0.25) is 0 Å². The molecule has 6 nitrogen and oxygen atoms in total. The monoisotopic (exact) mass is 205 g/mol. The SMILES string of the molecule is Cc1nc2ncnn2c(C)c1CC(=O)[O-]. The van der Waals surface area contributed by atoms with Crippen molar-refractivity contribution in [3.05, 3.63) is 23.3 Å². The van der Waals surface area contributed by atoms with Gasteiger partial charge in [0.05, 0.1) is 0 Å². The van der Waals surface area contributed by atoms with Crippen LogP contribution < -0.4 is 5.11 Å². The van der Waals surface area contributed by atoms with E-state index in [9.17, 15) is 9.90 Å². The molecule has 0 spiro atoms. The number of carboxylic acids is 1. The van der Waals surface area contributed by atoms with Gasteiger partial charge in [0, 0.05) is 29.3 Å². The fourth-order valence-electron chi connectivity index (χ4n) is 1.56. The lowest BCUT2D eigenvalue weighted by molar-refractivity contribution is -0.304. The smallest absolute Gasteiger partial charge is 0.252 e. The molecule has 0 atom stereocenters. The summed E-state index contributed by atoms with van der Waals surface area (Å²) in [5, 5.41) is 14.5. The maximum absolute atomic E-state index is 10.6. The molecule has 0 saturated carbocycles. The van der Waals surface area contributed by atoms with Gasteiger partial charge in [-0.25, -0.2) is 9.50 Å². The van der Waals surface area contributed by atoms with E-state index in [4.69, 9.17) is 0 Å². The molecule has 0 aliphatic carbocycles. The number of aromatic nitrogens is 4. The number of nitrogens with zero attached hydrogens (tertiary/aromatic N) is 4. The fraction of sp³-hybridized carbons (Fsp3) is 0.333. The average Bonchev–Trinajstić information content (AvgIpc) is 2.59. The van der Waals surface area contributed by atoms with Crippen LogP contribution in [0.1, 0.15) is 17.0 Å². The molecule has 0 aliphatic heterocycles. The highest BCUT2D eigenvalue weighted by Crippen LogP contribution is 2.12.